The Labute approximate surface area is 114 Å². The Morgan fingerprint density at radius 3 is 2.68 bits per heavy atom. The quantitative estimate of drug-likeness (QED) is 0.860. The van der Waals surface area contributed by atoms with Crippen molar-refractivity contribution in [3.63, 3.8) is 0 Å². The van der Waals surface area contributed by atoms with E-state index in [-0.39, 0.29) is 5.43 Å². The Balaban J connectivity index is 2.39. The number of unbranched alkanes of at least 4 members (excludes halogenated alkanes) is 1. The molecule has 1 N–H and O–H groups in total. The summed E-state index contributed by atoms with van der Waals surface area (Å²) >= 11 is 0. The van der Waals surface area contributed by atoms with Crippen molar-refractivity contribution in [3.05, 3.63) is 45.7 Å². The van der Waals surface area contributed by atoms with Crippen LogP contribution in [0.25, 0.3) is 10.9 Å². The van der Waals surface area contributed by atoms with Crippen LogP contribution in [0.4, 0.5) is 0 Å². The summed E-state index contributed by atoms with van der Waals surface area (Å²) in [6.45, 7) is 6.51. The van der Waals surface area contributed by atoms with E-state index in [1.165, 1.54) is 18.4 Å². The average Bonchev–Trinajstić information content (AvgIpc) is 2.36. The minimum atomic E-state index is 0.141. The molecule has 0 saturated heterocycles. The first-order valence-corrected chi connectivity index (χ1v) is 7.25. The van der Waals surface area contributed by atoms with E-state index in [0.717, 1.165) is 29.4 Å². The van der Waals surface area contributed by atoms with Crippen LogP contribution < -0.4 is 5.43 Å². The molecule has 102 valence electrons. The van der Waals surface area contributed by atoms with Gasteiger partial charge in [0, 0.05) is 22.7 Å². The summed E-state index contributed by atoms with van der Waals surface area (Å²) in [6, 6.07) is 7.98. The van der Waals surface area contributed by atoms with E-state index in [9.17, 15) is 4.79 Å². The molecule has 1 aromatic carbocycles. The highest BCUT2D eigenvalue weighted by Crippen LogP contribution is 2.14. The first-order chi connectivity index (χ1) is 9.10. The molecule has 0 fully saturated rings. The fraction of sp³-hybridized carbons (Fsp3) is 0.471. The Morgan fingerprint density at radius 2 is 2.00 bits per heavy atom. The molecular weight excluding hydrogens is 234 g/mol. The van der Waals surface area contributed by atoms with Gasteiger partial charge in [0.15, 0.2) is 5.43 Å². The number of pyridine rings is 1. The van der Waals surface area contributed by atoms with Gasteiger partial charge in [0.1, 0.15) is 0 Å². The van der Waals surface area contributed by atoms with Gasteiger partial charge in [-0.05, 0) is 42.9 Å². The van der Waals surface area contributed by atoms with Crippen molar-refractivity contribution < 1.29 is 0 Å². The first kappa shape index (κ1) is 13.9. The normalized spacial score (nSPS) is 11.4. The van der Waals surface area contributed by atoms with E-state index >= 15 is 0 Å². The van der Waals surface area contributed by atoms with Crippen molar-refractivity contribution in [2.45, 2.75) is 46.5 Å². The van der Waals surface area contributed by atoms with Crippen molar-refractivity contribution in [1.29, 1.82) is 0 Å². The lowest BCUT2D eigenvalue weighted by atomic mass is 10.0. The highest BCUT2D eigenvalue weighted by Gasteiger charge is 2.05. The van der Waals surface area contributed by atoms with Gasteiger partial charge in [0.2, 0.25) is 0 Å². The molecule has 0 aliphatic heterocycles. The molecule has 0 unspecified atom stereocenters. The zero-order valence-corrected chi connectivity index (χ0v) is 12.1. The van der Waals surface area contributed by atoms with Crippen LogP contribution in [-0.4, -0.2) is 4.98 Å². The number of hydrogen-bond acceptors (Lipinski definition) is 1. The van der Waals surface area contributed by atoms with Gasteiger partial charge in [-0.2, -0.15) is 0 Å². The third-order valence-corrected chi connectivity index (χ3v) is 3.40. The molecule has 19 heavy (non-hydrogen) atoms. The molecule has 0 radical (unpaired) electrons. The number of rotatable bonds is 5. The number of aromatic nitrogens is 1. The van der Waals surface area contributed by atoms with Gasteiger partial charge in [-0.3, -0.25) is 4.79 Å². The lowest BCUT2D eigenvalue weighted by Crippen LogP contribution is -2.07. The van der Waals surface area contributed by atoms with Gasteiger partial charge in [0.05, 0.1) is 0 Å². The summed E-state index contributed by atoms with van der Waals surface area (Å²) in [6.07, 6.45) is 4.33. The topological polar surface area (TPSA) is 32.9 Å². The molecule has 0 amide bonds. The Morgan fingerprint density at radius 1 is 1.21 bits per heavy atom. The van der Waals surface area contributed by atoms with Crippen molar-refractivity contribution in [1.82, 2.24) is 4.98 Å². The fourth-order valence-corrected chi connectivity index (χ4v) is 2.44. The van der Waals surface area contributed by atoms with Crippen LogP contribution in [0.1, 0.15) is 44.9 Å². The van der Waals surface area contributed by atoms with Crippen LogP contribution >= 0.6 is 0 Å². The highest BCUT2D eigenvalue weighted by molar-refractivity contribution is 5.79. The van der Waals surface area contributed by atoms with Crippen LogP contribution in [0.5, 0.6) is 0 Å². The number of hydrogen-bond donors (Lipinski definition) is 1. The van der Waals surface area contributed by atoms with Crippen LogP contribution in [0, 0.1) is 5.92 Å². The summed E-state index contributed by atoms with van der Waals surface area (Å²) in [7, 11) is 0. The van der Waals surface area contributed by atoms with E-state index in [4.69, 9.17) is 0 Å². The number of aryl methyl sites for hydroxylation is 1. The molecule has 0 atom stereocenters. The molecule has 2 heteroatoms. The maximum atomic E-state index is 12.2. The smallest absolute Gasteiger partial charge is 0.189 e. The molecule has 0 bridgehead atoms. The van der Waals surface area contributed by atoms with E-state index in [2.05, 4.69) is 31.8 Å². The standard InChI is InChI=1S/C17H23NO/c1-4-5-6-13-7-8-16-15(10-13)17(19)11-14(18-16)9-12(2)3/h7-8,10-12H,4-6,9H2,1-3H3,(H,18,19). The summed E-state index contributed by atoms with van der Waals surface area (Å²) in [5.74, 6) is 0.553. The fourth-order valence-electron chi connectivity index (χ4n) is 2.44. The maximum absolute atomic E-state index is 12.2. The monoisotopic (exact) mass is 257 g/mol. The van der Waals surface area contributed by atoms with E-state index < -0.39 is 0 Å². The SMILES string of the molecule is CCCCc1ccc2[nH]c(CC(C)C)cc(=O)c2c1. The van der Waals surface area contributed by atoms with Gasteiger partial charge in [-0.15, -0.1) is 0 Å². The van der Waals surface area contributed by atoms with Crippen LogP contribution in [-0.2, 0) is 12.8 Å². The first-order valence-electron chi connectivity index (χ1n) is 7.25. The number of aromatic amines is 1. The number of benzene rings is 1. The second-order valence-electron chi connectivity index (χ2n) is 5.74. The largest absolute Gasteiger partial charge is 0.358 e. The second-order valence-corrected chi connectivity index (χ2v) is 5.74. The highest BCUT2D eigenvalue weighted by atomic mass is 16.1. The van der Waals surface area contributed by atoms with Crippen molar-refractivity contribution >= 4 is 10.9 Å². The summed E-state index contributed by atoms with van der Waals surface area (Å²) < 4.78 is 0. The number of H-pyrrole nitrogens is 1. The van der Waals surface area contributed by atoms with Crippen LogP contribution in [0.2, 0.25) is 0 Å². The molecule has 0 aliphatic carbocycles. The van der Waals surface area contributed by atoms with Gasteiger partial charge in [-0.1, -0.05) is 33.3 Å². The third-order valence-electron chi connectivity index (χ3n) is 3.40. The molecule has 0 saturated carbocycles. The summed E-state index contributed by atoms with van der Waals surface area (Å²) in [5, 5.41) is 0.820. The summed E-state index contributed by atoms with van der Waals surface area (Å²) in [4.78, 5) is 15.6. The minimum absolute atomic E-state index is 0.141. The van der Waals surface area contributed by atoms with Gasteiger partial charge in [0.25, 0.3) is 0 Å². The van der Waals surface area contributed by atoms with Gasteiger partial charge >= 0.3 is 0 Å². The van der Waals surface area contributed by atoms with Crippen LogP contribution in [0.3, 0.4) is 0 Å². The van der Waals surface area contributed by atoms with E-state index in [1.54, 1.807) is 6.07 Å². The lowest BCUT2D eigenvalue weighted by molar-refractivity contribution is 0.636. The Hall–Kier alpha value is -1.57. The third kappa shape index (κ3) is 3.46. The van der Waals surface area contributed by atoms with Crippen molar-refractivity contribution in [2.24, 2.45) is 5.92 Å². The Kier molecular flexibility index (Phi) is 4.41. The minimum Gasteiger partial charge on any atom is -0.358 e. The number of nitrogens with one attached hydrogen (secondary N) is 1. The van der Waals surface area contributed by atoms with Crippen molar-refractivity contribution in [3.8, 4) is 0 Å². The Bertz CT molecular complexity index is 610. The second kappa shape index (κ2) is 6.05. The molecule has 0 spiro atoms. The summed E-state index contributed by atoms with van der Waals surface area (Å²) in [5.41, 5.74) is 3.40. The zero-order valence-electron chi connectivity index (χ0n) is 12.1. The van der Waals surface area contributed by atoms with E-state index in [0.29, 0.717) is 5.92 Å². The molecule has 1 aromatic heterocycles. The number of fused-ring (bicyclic) bond motifs is 1. The predicted molar refractivity (Wildman–Crippen MR) is 81.7 cm³/mol. The lowest BCUT2D eigenvalue weighted by Gasteiger charge is -2.08. The molecule has 0 aliphatic rings. The average molecular weight is 257 g/mol. The maximum Gasteiger partial charge on any atom is 0.189 e. The predicted octanol–water partition coefficient (Wildman–Crippen LogP) is 4.07. The van der Waals surface area contributed by atoms with Crippen LogP contribution in [0.15, 0.2) is 29.1 Å². The van der Waals surface area contributed by atoms with E-state index in [1.807, 2.05) is 12.1 Å². The van der Waals surface area contributed by atoms with Crippen molar-refractivity contribution in [2.75, 3.05) is 0 Å². The van der Waals surface area contributed by atoms with Gasteiger partial charge < -0.3 is 4.98 Å². The molecule has 1 heterocycles. The molecule has 2 rings (SSSR count). The molecule has 2 nitrogen and oxygen atoms in total. The molecular formula is C17H23NO. The zero-order chi connectivity index (χ0) is 13.8. The van der Waals surface area contributed by atoms with Gasteiger partial charge in [-0.25, -0.2) is 0 Å². The molecule has 2 aromatic rings.